The summed E-state index contributed by atoms with van der Waals surface area (Å²) in [7, 11) is 0. The van der Waals surface area contributed by atoms with Crippen LogP contribution in [0.1, 0.15) is 24.1 Å². The van der Waals surface area contributed by atoms with E-state index in [0.717, 1.165) is 30.0 Å². The van der Waals surface area contributed by atoms with Crippen LogP contribution >= 0.6 is 35.3 Å². The van der Waals surface area contributed by atoms with E-state index in [-0.39, 0.29) is 24.2 Å². The van der Waals surface area contributed by atoms with Crippen LogP contribution in [0.5, 0.6) is 0 Å². The van der Waals surface area contributed by atoms with Crippen LogP contribution in [0.15, 0.2) is 12.1 Å². The summed E-state index contributed by atoms with van der Waals surface area (Å²) < 4.78 is 0.801. The lowest BCUT2D eigenvalue weighted by molar-refractivity contribution is -0.125. The molecule has 6 heteroatoms. The van der Waals surface area contributed by atoms with Gasteiger partial charge < -0.3 is 11.1 Å². The zero-order chi connectivity index (χ0) is 13.0. The predicted octanol–water partition coefficient (Wildman–Crippen LogP) is 2.86. The molecular formula is C13H20Cl2N2OS. The standard InChI is InChI=1S/C13H19ClN2OS.ClH/c14-12-5-4-10(18-12)6-7-16-13(17)11-3-1-2-9(11)8-15;/h4-5,9,11H,1-3,6-8,15H2,(H,16,17);1H/t9-,11-;/m1./s1. The van der Waals surface area contributed by atoms with E-state index < -0.39 is 0 Å². The first-order valence-corrected chi connectivity index (χ1v) is 7.62. The summed E-state index contributed by atoms with van der Waals surface area (Å²) in [6, 6.07) is 3.90. The first kappa shape index (κ1) is 16.8. The first-order chi connectivity index (χ1) is 8.70. The van der Waals surface area contributed by atoms with Gasteiger partial charge in [-0.1, -0.05) is 18.0 Å². The molecule has 0 spiro atoms. The fourth-order valence-corrected chi connectivity index (χ4v) is 3.68. The van der Waals surface area contributed by atoms with Crippen LogP contribution in [0.25, 0.3) is 0 Å². The van der Waals surface area contributed by atoms with E-state index in [9.17, 15) is 4.79 Å². The van der Waals surface area contributed by atoms with Crippen LogP contribution in [0, 0.1) is 11.8 Å². The van der Waals surface area contributed by atoms with E-state index in [1.54, 1.807) is 11.3 Å². The van der Waals surface area contributed by atoms with Crippen LogP contribution in [-0.2, 0) is 11.2 Å². The molecule has 0 saturated heterocycles. The van der Waals surface area contributed by atoms with Gasteiger partial charge in [-0.25, -0.2) is 0 Å². The van der Waals surface area contributed by atoms with E-state index in [4.69, 9.17) is 17.3 Å². The molecule has 0 bridgehead atoms. The Hall–Kier alpha value is -0.290. The normalized spacial score (nSPS) is 22.0. The van der Waals surface area contributed by atoms with Crippen molar-refractivity contribution in [1.82, 2.24) is 5.32 Å². The summed E-state index contributed by atoms with van der Waals surface area (Å²) in [5, 5.41) is 3.02. The average Bonchev–Trinajstić information content (AvgIpc) is 2.97. The second-order valence-corrected chi connectivity index (χ2v) is 6.58. The highest BCUT2D eigenvalue weighted by Crippen LogP contribution is 2.30. The van der Waals surface area contributed by atoms with Crippen molar-refractivity contribution in [3.05, 3.63) is 21.3 Å². The van der Waals surface area contributed by atoms with Crippen molar-refractivity contribution < 1.29 is 4.79 Å². The number of carbonyl (C=O) groups excluding carboxylic acids is 1. The van der Waals surface area contributed by atoms with Crippen molar-refractivity contribution in [2.24, 2.45) is 17.6 Å². The lowest BCUT2D eigenvalue weighted by Crippen LogP contribution is -2.36. The molecule has 3 nitrogen and oxygen atoms in total. The molecule has 0 aromatic carbocycles. The lowest BCUT2D eigenvalue weighted by Gasteiger charge is -2.17. The van der Waals surface area contributed by atoms with E-state index >= 15 is 0 Å². The summed E-state index contributed by atoms with van der Waals surface area (Å²) in [5.41, 5.74) is 5.69. The van der Waals surface area contributed by atoms with Gasteiger partial charge in [-0.15, -0.1) is 23.7 Å². The Balaban J connectivity index is 0.00000180. The third-order valence-electron chi connectivity index (χ3n) is 3.60. The van der Waals surface area contributed by atoms with Gasteiger partial charge in [0.25, 0.3) is 0 Å². The molecule has 108 valence electrons. The maximum atomic E-state index is 12.0. The fourth-order valence-electron chi connectivity index (χ4n) is 2.59. The van der Waals surface area contributed by atoms with Crippen LogP contribution in [0.4, 0.5) is 0 Å². The SMILES string of the molecule is Cl.NC[C@H]1CCC[C@H]1C(=O)NCCc1ccc(Cl)s1. The maximum absolute atomic E-state index is 12.0. The van der Waals surface area contributed by atoms with Gasteiger partial charge in [0.1, 0.15) is 0 Å². The lowest BCUT2D eigenvalue weighted by atomic mass is 9.95. The zero-order valence-electron chi connectivity index (χ0n) is 10.7. The molecule has 1 aromatic heterocycles. The summed E-state index contributed by atoms with van der Waals surface area (Å²) in [6.45, 7) is 1.31. The molecule has 1 fully saturated rings. The monoisotopic (exact) mass is 322 g/mol. The Morgan fingerprint density at radius 2 is 2.26 bits per heavy atom. The van der Waals surface area contributed by atoms with E-state index in [1.807, 2.05) is 12.1 Å². The number of nitrogens with one attached hydrogen (secondary N) is 1. The largest absolute Gasteiger partial charge is 0.355 e. The summed E-state index contributed by atoms with van der Waals surface area (Å²) in [5.74, 6) is 0.675. The number of nitrogens with two attached hydrogens (primary N) is 1. The van der Waals surface area contributed by atoms with Gasteiger partial charge in [-0.3, -0.25) is 4.79 Å². The Morgan fingerprint density at radius 1 is 1.47 bits per heavy atom. The number of carbonyl (C=O) groups is 1. The van der Waals surface area contributed by atoms with Crippen molar-refractivity contribution in [2.75, 3.05) is 13.1 Å². The van der Waals surface area contributed by atoms with Crippen LogP contribution < -0.4 is 11.1 Å². The molecule has 0 aliphatic heterocycles. The Bertz CT molecular complexity index is 411. The molecule has 1 heterocycles. The molecular weight excluding hydrogens is 303 g/mol. The second kappa shape index (κ2) is 8.10. The van der Waals surface area contributed by atoms with E-state index in [0.29, 0.717) is 19.0 Å². The maximum Gasteiger partial charge on any atom is 0.223 e. The van der Waals surface area contributed by atoms with Gasteiger partial charge >= 0.3 is 0 Å². The number of rotatable bonds is 5. The smallest absolute Gasteiger partial charge is 0.223 e. The van der Waals surface area contributed by atoms with Gasteiger partial charge in [0.15, 0.2) is 0 Å². The summed E-state index contributed by atoms with van der Waals surface area (Å²) in [6.07, 6.45) is 4.05. The predicted molar refractivity (Wildman–Crippen MR) is 83.2 cm³/mol. The van der Waals surface area contributed by atoms with Gasteiger partial charge in [0.2, 0.25) is 5.91 Å². The molecule has 1 aliphatic carbocycles. The van der Waals surface area contributed by atoms with Gasteiger partial charge in [0, 0.05) is 17.3 Å². The third kappa shape index (κ3) is 4.63. The van der Waals surface area contributed by atoms with Crippen molar-refractivity contribution in [3.8, 4) is 0 Å². The average molecular weight is 323 g/mol. The number of halogens is 2. The number of hydrogen-bond donors (Lipinski definition) is 2. The molecule has 2 atom stereocenters. The summed E-state index contributed by atoms with van der Waals surface area (Å²) >= 11 is 7.43. The molecule has 19 heavy (non-hydrogen) atoms. The molecule has 1 aromatic rings. The van der Waals surface area contributed by atoms with Crippen LogP contribution in [0.3, 0.4) is 0 Å². The fraction of sp³-hybridized carbons (Fsp3) is 0.615. The highest BCUT2D eigenvalue weighted by atomic mass is 35.5. The van der Waals surface area contributed by atoms with Gasteiger partial charge in [-0.2, -0.15) is 0 Å². The molecule has 0 radical (unpaired) electrons. The molecule has 3 N–H and O–H groups in total. The highest BCUT2D eigenvalue weighted by Gasteiger charge is 2.31. The van der Waals surface area contributed by atoms with Gasteiger partial charge in [-0.05, 0) is 43.9 Å². The number of thiophene rings is 1. The van der Waals surface area contributed by atoms with Crippen LogP contribution in [-0.4, -0.2) is 19.0 Å². The highest BCUT2D eigenvalue weighted by molar-refractivity contribution is 7.16. The second-order valence-electron chi connectivity index (χ2n) is 4.78. The van der Waals surface area contributed by atoms with Crippen molar-refractivity contribution in [2.45, 2.75) is 25.7 Å². The molecule has 1 amide bonds. The topological polar surface area (TPSA) is 55.1 Å². The van der Waals surface area contributed by atoms with Crippen molar-refractivity contribution in [3.63, 3.8) is 0 Å². The number of amides is 1. The van der Waals surface area contributed by atoms with E-state index in [1.165, 1.54) is 4.88 Å². The Labute approximate surface area is 129 Å². The molecule has 0 unspecified atom stereocenters. The molecule has 1 saturated carbocycles. The van der Waals surface area contributed by atoms with E-state index in [2.05, 4.69) is 5.32 Å². The zero-order valence-corrected chi connectivity index (χ0v) is 13.1. The molecule has 2 rings (SSSR count). The third-order valence-corrected chi connectivity index (χ3v) is 4.89. The van der Waals surface area contributed by atoms with Crippen molar-refractivity contribution in [1.29, 1.82) is 0 Å². The Kier molecular flexibility index (Phi) is 7.15. The minimum Gasteiger partial charge on any atom is -0.355 e. The Morgan fingerprint density at radius 3 is 2.89 bits per heavy atom. The first-order valence-electron chi connectivity index (χ1n) is 6.42. The number of hydrogen-bond acceptors (Lipinski definition) is 3. The summed E-state index contributed by atoms with van der Waals surface area (Å²) in [4.78, 5) is 13.2. The van der Waals surface area contributed by atoms with Crippen LogP contribution in [0.2, 0.25) is 4.34 Å². The molecule has 1 aliphatic rings. The quantitative estimate of drug-likeness (QED) is 0.875. The van der Waals surface area contributed by atoms with Gasteiger partial charge in [0.05, 0.1) is 4.34 Å². The minimum absolute atomic E-state index is 0. The minimum atomic E-state index is 0. The van der Waals surface area contributed by atoms with Crippen molar-refractivity contribution >= 4 is 41.3 Å².